The first-order valence-electron chi connectivity index (χ1n) is 5.23. The highest BCUT2D eigenvalue weighted by atomic mass is 79.9. The lowest BCUT2D eigenvalue weighted by Crippen LogP contribution is -2.02. The second-order valence-electron chi connectivity index (χ2n) is 3.65. The molecule has 0 aliphatic carbocycles. The normalized spacial score (nSPS) is 10.4. The van der Waals surface area contributed by atoms with Crippen molar-refractivity contribution in [3.05, 3.63) is 51.1 Å². The van der Waals surface area contributed by atoms with E-state index in [2.05, 4.69) is 31.2 Å². The van der Waals surface area contributed by atoms with Crippen molar-refractivity contribution in [3.63, 3.8) is 0 Å². The zero-order valence-corrected chi connectivity index (χ0v) is 11.9. The Labute approximate surface area is 118 Å². The van der Waals surface area contributed by atoms with Gasteiger partial charge in [0, 0.05) is 24.7 Å². The lowest BCUT2D eigenvalue weighted by molar-refractivity contribution is 0.627. The third-order valence-electron chi connectivity index (χ3n) is 2.39. The van der Waals surface area contributed by atoms with Crippen molar-refractivity contribution in [1.29, 1.82) is 0 Å². The molecular weight excluding hydrogens is 321 g/mol. The van der Waals surface area contributed by atoms with Gasteiger partial charge in [-0.05, 0) is 33.6 Å². The number of aromatic nitrogens is 2. The second kappa shape index (κ2) is 5.63. The first-order chi connectivity index (χ1) is 8.60. The van der Waals surface area contributed by atoms with Gasteiger partial charge in [-0.3, -0.25) is 0 Å². The molecule has 1 aromatic heterocycles. The fourth-order valence-electron chi connectivity index (χ4n) is 1.50. The van der Waals surface area contributed by atoms with Gasteiger partial charge >= 0.3 is 0 Å². The molecule has 1 N–H and O–H groups in total. The molecule has 6 heteroatoms. The maximum absolute atomic E-state index is 12.9. The highest BCUT2D eigenvalue weighted by Crippen LogP contribution is 2.22. The number of rotatable bonds is 3. The van der Waals surface area contributed by atoms with E-state index in [9.17, 15) is 4.39 Å². The molecule has 0 aliphatic rings. The molecule has 2 rings (SSSR count). The predicted octanol–water partition coefficient (Wildman–Crippen LogP) is 3.66. The highest BCUT2D eigenvalue weighted by molar-refractivity contribution is 9.10. The van der Waals surface area contributed by atoms with Crippen LogP contribution in [0.4, 0.5) is 10.2 Å². The number of halogens is 3. The Morgan fingerprint density at radius 2 is 2.22 bits per heavy atom. The molecule has 0 amide bonds. The number of nitrogens with one attached hydrogen (secondary N) is 1. The van der Waals surface area contributed by atoms with E-state index in [1.807, 2.05) is 0 Å². The minimum absolute atomic E-state index is 0.351. The van der Waals surface area contributed by atoms with Crippen molar-refractivity contribution in [2.24, 2.45) is 0 Å². The van der Waals surface area contributed by atoms with Crippen LogP contribution in [0, 0.1) is 5.82 Å². The van der Waals surface area contributed by atoms with Gasteiger partial charge in [-0.2, -0.15) is 0 Å². The lowest BCUT2D eigenvalue weighted by Gasteiger charge is -2.06. The van der Waals surface area contributed by atoms with Gasteiger partial charge in [-0.15, -0.1) is 0 Å². The molecule has 0 fully saturated rings. The van der Waals surface area contributed by atoms with Crippen LogP contribution in [0.1, 0.15) is 11.4 Å². The molecule has 1 aromatic carbocycles. The Morgan fingerprint density at radius 3 is 2.89 bits per heavy atom. The number of anilines is 1. The van der Waals surface area contributed by atoms with E-state index >= 15 is 0 Å². The van der Waals surface area contributed by atoms with Crippen LogP contribution in [-0.4, -0.2) is 17.0 Å². The molecule has 94 valence electrons. The van der Waals surface area contributed by atoms with Crippen molar-refractivity contribution in [1.82, 2.24) is 9.97 Å². The Bertz CT molecular complexity index is 577. The van der Waals surface area contributed by atoms with Crippen molar-refractivity contribution in [2.45, 2.75) is 6.42 Å². The van der Waals surface area contributed by atoms with Crippen molar-refractivity contribution in [2.75, 3.05) is 12.4 Å². The smallest absolute Gasteiger partial charge is 0.143 e. The van der Waals surface area contributed by atoms with Crippen LogP contribution >= 0.6 is 27.5 Å². The quantitative estimate of drug-likeness (QED) is 0.933. The Morgan fingerprint density at radius 1 is 1.44 bits per heavy atom. The van der Waals surface area contributed by atoms with Gasteiger partial charge in [0.1, 0.15) is 17.5 Å². The van der Waals surface area contributed by atoms with E-state index in [0.29, 0.717) is 23.1 Å². The first-order valence-corrected chi connectivity index (χ1v) is 6.40. The summed E-state index contributed by atoms with van der Waals surface area (Å²) in [5.74, 6) is 0.977. The number of hydrogen-bond acceptors (Lipinski definition) is 3. The van der Waals surface area contributed by atoms with Gasteiger partial charge in [-0.1, -0.05) is 17.7 Å². The van der Waals surface area contributed by atoms with E-state index in [4.69, 9.17) is 11.6 Å². The lowest BCUT2D eigenvalue weighted by atomic mass is 10.1. The van der Waals surface area contributed by atoms with Gasteiger partial charge in [0.25, 0.3) is 0 Å². The fraction of sp³-hybridized carbons (Fsp3) is 0.167. The summed E-state index contributed by atoms with van der Waals surface area (Å²) in [4.78, 5) is 8.52. The van der Waals surface area contributed by atoms with Crippen LogP contribution in [0.25, 0.3) is 0 Å². The second-order valence-corrected chi connectivity index (χ2v) is 4.91. The summed E-state index contributed by atoms with van der Waals surface area (Å²) in [6.45, 7) is 0. The Balaban J connectivity index is 2.28. The van der Waals surface area contributed by atoms with Gasteiger partial charge < -0.3 is 5.32 Å². The van der Waals surface area contributed by atoms with E-state index in [1.165, 1.54) is 12.1 Å². The van der Waals surface area contributed by atoms with Crippen molar-refractivity contribution < 1.29 is 4.39 Å². The summed E-state index contributed by atoms with van der Waals surface area (Å²) < 4.78 is 13.7. The van der Waals surface area contributed by atoms with Gasteiger partial charge in [0.2, 0.25) is 0 Å². The molecule has 2 aromatic rings. The van der Waals surface area contributed by atoms with Gasteiger partial charge in [0.05, 0.1) is 4.47 Å². The van der Waals surface area contributed by atoms with Crippen LogP contribution < -0.4 is 5.32 Å². The summed E-state index contributed by atoms with van der Waals surface area (Å²) in [5, 5.41) is 3.34. The maximum atomic E-state index is 12.9. The topological polar surface area (TPSA) is 37.8 Å². The van der Waals surface area contributed by atoms with Crippen LogP contribution in [0.15, 0.2) is 28.9 Å². The Hall–Kier alpha value is -1.20. The molecule has 0 unspecified atom stereocenters. The summed E-state index contributed by atoms with van der Waals surface area (Å²) in [7, 11) is 1.78. The minimum atomic E-state index is -0.351. The molecule has 1 heterocycles. The summed E-state index contributed by atoms with van der Waals surface area (Å²) in [6.07, 6.45) is 2.13. The molecular formula is C12H10BrClFN3. The fourth-order valence-corrected chi connectivity index (χ4v) is 2.12. The van der Waals surface area contributed by atoms with Crippen molar-refractivity contribution in [3.8, 4) is 0 Å². The molecule has 0 radical (unpaired) electrons. The molecule has 0 saturated carbocycles. The highest BCUT2D eigenvalue weighted by Gasteiger charge is 2.07. The third-order valence-corrected chi connectivity index (χ3v) is 3.33. The monoisotopic (exact) mass is 329 g/mol. The van der Waals surface area contributed by atoms with E-state index in [0.717, 1.165) is 10.0 Å². The van der Waals surface area contributed by atoms with E-state index < -0.39 is 0 Å². The summed E-state index contributed by atoms with van der Waals surface area (Å²) in [6, 6.07) is 4.30. The molecule has 0 atom stereocenters. The van der Waals surface area contributed by atoms with Gasteiger partial charge in [0.15, 0.2) is 0 Å². The first kappa shape index (κ1) is 13.2. The molecule has 3 nitrogen and oxygen atoms in total. The number of benzene rings is 1. The molecule has 0 aliphatic heterocycles. The summed E-state index contributed by atoms with van der Waals surface area (Å²) in [5.41, 5.74) is 0.794. The van der Waals surface area contributed by atoms with Crippen molar-refractivity contribution >= 4 is 33.3 Å². The zero-order valence-electron chi connectivity index (χ0n) is 9.54. The molecule has 0 spiro atoms. The maximum Gasteiger partial charge on any atom is 0.143 e. The van der Waals surface area contributed by atoms with Crippen LogP contribution in [-0.2, 0) is 6.42 Å². The minimum Gasteiger partial charge on any atom is -0.372 e. The van der Waals surface area contributed by atoms with Crippen LogP contribution in [0.5, 0.6) is 0 Å². The van der Waals surface area contributed by atoms with E-state index in [-0.39, 0.29) is 5.82 Å². The summed E-state index contributed by atoms with van der Waals surface area (Å²) >= 11 is 9.30. The van der Waals surface area contributed by atoms with Crippen LogP contribution in [0.3, 0.4) is 0 Å². The largest absolute Gasteiger partial charge is 0.372 e. The molecule has 0 bridgehead atoms. The average Bonchev–Trinajstić information content (AvgIpc) is 2.35. The Kier molecular flexibility index (Phi) is 4.14. The number of hydrogen-bond donors (Lipinski definition) is 1. The molecule has 18 heavy (non-hydrogen) atoms. The SMILES string of the molecule is CNc1nc(Cc2ccc(F)cc2Cl)ncc1Br. The van der Waals surface area contributed by atoms with Gasteiger partial charge in [-0.25, -0.2) is 14.4 Å². The third kappa shape index (κ3) is 2.97. The average molecular weight is 331 g/mol. The predicted molar refractivity (Wildman–Crippen MR) is 73.5 cm³/mol. The zero-order chi connectivity index (χ0) is 13.1. The van der Waals surface area contributed by atoms with Crippen LogP contribution in [0.2, 0.25) is 5.02 Å². The number of nitrogens with zero attached hydrogens (tertiary/aromatic N) is 2. The molecule has 0 saturated heterocycles. The van der Waals surface area contributed by atoms with E-state index in [1.54, 1.807) is 19.3 Å². The standard InChI is InChI=1S/C12H10BrClFN3/c1-16-12-9(13)6-17-11(18-12)4-7-2-3-8(15)5-10(7)14/h2-3,5-6H,4H2,1H3,(H,16,17,18).